The van der Waals surface area contributed by atoms with Crippen LogP contribution in [0.1, 0.15) is 11.3 Å². The number of hydrogen-bond acceptors (Lipinski definition) is 10. The summed E-state index contributed by atoms with van der Waals surface area (Å²) in [5, 5.41) is 23.2. The maximum atomic E-state index is 12.1. The van der Waals surface area contributed by atoms with E-state index >= 15 is 0 Å². The van der Waals surface area contributed by atoms with Gasteiger partial charge in [0.05, 0.1) is 31.5 Å². The van der Waals surface area contributed by atoms with Gasteiger partial charge in [0.1, 0.15) is 40.8 Å². The molecule has 0 amide bonds. The minimum Gasteiger partial charge on any atom is -0.491 e. The first-order valence-corrected chi connectivity index (χ1v) is 14.4. The normalized spacial score (nSPS) is 10.5. The van der Waals surface area contributed by atoms with Crippen molar-refractivity contribution in [1.29, 1.82) is 5.26 Å². The first kappa shape index (κ1) is 29.8. The van der Waals surface area contributed by atoms with E-state index in [1.807, 2.05) is 29.6 Å². The van der Waals surface area contributed by atoms with Crippen molar-refractivity contribution in [3.05, 3.63) is 81.6 Å². The molecule has 2 aromatic carbocycles. The number of rotatable bonds is 11. The van der Waals surface area contributed by atoms with Gasteiger partial charge in [0.25, 0.3) is 0 Å². The Kier molecular flexibility index (Phi) is 10.2. The summed E-state index contributed by atoms with van der Waals surface area (Å²) >= 11 is 8.84. The van der Waals surface area contributed by atoms with Crippen molar-refractivity contribution in [3.8, 4) is 33.5 Å². The van der Waals surface area contributed by atoms with Crippen LogP contribution < -0.4 is 9.64 Å². The Balaban J connectivity index is 1.74. The smallest absolute Gasteiger partial charge is 0.325 e. The van der Waals surface area contributed by atoms with E-state index in [0.717, 1.165) is 16.3 Å². The predicted molar refractivity (Wildman–Crippen MR) is 161 cm³/mol. The fourth-order valence-electron chi connectivity index (χ4n) is 3.86. The lowest BCUT2D eigenvalue weighted by Crippen LogP contribution is -2.27. The fraction of sp³-hybridized carbons (Fsp3) is 0.207. The molecule has 2 aromatic heterocycles. The topological polar surface area (TPSA) is 113 Å². The number of halogens is 1. The minimum absolute atomic E-state index is 0.122. The molecule has 12 heteroatoms. The second-order valence-corrected chi connectivity index (χ2v) is 10.8. The van der Waals surface area contributed by atoms with Gasteiger partial charge in [-0.05, 0) is 29.8 Å². The van der Waals surface area contributed by atoms with Crippen LogP contribution in [0.15, 0.2) is 58.9 Å². The van der Waals surface area contributed by atoms with Gasteiger partial charge in [0.2, 0.25) is 5.69 Å². The highest BCUT2D eigenvalue weighted by atomic mass is 35.5. The molecular formula is C29H24ClN5O4S2. The van der Waals surface area contributed by atoms with E-state index in [4.69, 9.17) is 37.7 Å². The summed E-state index contributed by atoms with van der Waals surface area (Å²) in [5.41, 5.74) is 3.16. The van der Waals surface area contributed by atoms with Gasteiger partial charge in [-0.1, -0.05) is 47.6 Å². The van der Waals surface area contributed by atoms with Gasteiger partial charge in [0.15, 0.2) is 0 Å². The number of benzene rings is 2. The molecule has 0 spiro atoms. The summed E-state index contributed by atoms with van der Waals surface area (Å²) in [6.45, 7) is 7.85. The van der Waals surface area contributed by atoms with Crippen molar-refractivity contribution in [3.63, 3.8) is 0 Å². The number of thioether (sulfide) groups is 1. The second kappa shape index (κ2) is 14.0. The molecule has 0 atom stereocenters. The number of nitriles is 1. The van der Waals surface area contributed by atoms with Crippen LogP contribution >= 0.6 is 34.7 Å². The lowest BCUT2D eigenvalue weighted by Gasteiger charge is -2.22. The number of anilines is 1. The second-order valence-electron chi connectivity index (χ2n) is 8.53. The summed E-state index contributed by atoms with van der Waals surface area (Å²) in [5.74, 6) is 0.726. The van der Waals surface area contributed by atoms with Crippen LogP contribution in [0.25, 0.3) is 26.5 Å². The molecule has 0 saturated heterocycles. The molecule has 41 heavy (non-hydrogen) atoms. The number of methoxy groups -OCH3 is 1. The Hall–Kier alpha value is -4.13. The van der Waals surface area contributed by atoms with Gasteiger partial charge in [0, 0.05) is 34.3 Å². The van der Waals surface area contributed by atoms with Crippen molar-refractivity contribution in [2.24, 2.45) is 0 Å². The Morgan fingerprint density at radius 1 is 1.20 bits per heavy atom. The van der Waals surface area contributed by atoms with E-state index in [9.17, 15) is 10.1 Å². The van der Waals surface area contributed by atoms with Crippen LogP contribution in [0.5, 0.6) is 5.75 Å². The molecule has 0 fully saturated rings. The van der Waals surface area contributed by atoms with Gasteiger partial charge >= 0.3 is 5.97 Å². The Labute approximate surface area is 250 Å². The van der Waals surface area contributed by atoms with Crippen LogP contribution in [0, 0.1) is 17.9 Å². The van der Waals surface area contributed by atoms with Crippen LogP contribution in [-0.2, 0) is 15.3 Å². The molecule has 0 bridgehead atoms. The summed E-state index contributed by atoms with van der Waals surface area (Å²) in [6.07, 6.45) is 0. The van der Waals surface area contributed by atoms with Crippen molar-refractivity contribution < 1.29 is 19.4 Å². The number of likely N-dealkylation sites (N-methyl/N-ethyl adjacent to an activating group) is 1. The number of aliphatic hydroxyl groups is 1. The number of esters is 1. The molecule has 2 heterocycles. The first-order chi connectivity index (χ1) is 19.9. The van der Waals surface area contributed by atoms with Crippen molar-refractivity contribution >= 4 is 52.2 Å². The summed E-state index contributed by atoms with van der Waals surface area (Å²) in [4.78, 5) is 26.7. The number of hydrogen-bond donors (Lipinski definition) is 1. The number of aromatic nitrogens is 2. The quantitative estimate of drug-likeness (QED) is 0.121. The molecular weight excluding hydrogens is 582 g/mol. The van der Waals surface area contributed by atoms with Crippen LogP contribution in [0.2, 0.25) is 5.02 Å². The lowest BCUT2D eigenvalue weighted by atomic mass is 9.99. The van der Waals surface area contributed by atoms with Gasteiger partial charge in [-0.3, -0.25) is 4.79 Å². The standard InChI is InChI=1S/C29H24ClN5O4S2/c1-32-26-25(18-6-10-22(11-7-18)39-13-12-36)23(14-31)29(34-27(26)35(2)15-24(37)38-3)41-17-21-16-40-28(33-21)19-4-8-20(30)9-5-19/h4-11,16,36H,12-13,15,17H2,2-3H3. The van der Waals surface area contributed by atoms with Crippen molar-refractivity contribution in [2.75, 3.05) is 38.8 Å². The Bertz CT molecular complexity index is 1610. The third-order valence-electron chi connectivity index (χ3n) is 5.80. The molecule has 9 nitrogen and oxygen atoms in total. The number of carbonyl (C=O) groups is 1. The number of nitrogens with zero attached hydrogens (tertiary/aromatic N) is 5. The number of carbonyl (C=O) groups excluding carboxylic acids is 1. The highest BCUT2D eigenvalue weighted by molar-refractivity contribution is 7.98. The maximum absolute atomic E-state index is 12.1. The molecule has 1 N–H and O–H groups in total. The molecule has 0 aliphatic carbocycles. The van der Waals surface area contributed by atoms with E-state index in [0.29, 0.717) is 32.7 Å². The van der Waals surface area contributed by atoms with Gasteiger partial charge in [-0.25, -0.2) is 14.8 Å². The third kappa shape index (κ3) is 7.15. The largest absolute Gasteiger partial charge is 0.491 e. The Morgan fingerprint density at radius 2 is 1.90 bits per heavy atom. The van der Waals surface area contributed by atoms with Crippen molar-refractivity contribution in [2.45, 2.75) is 10.8 Å². The van der Waals surface area contributed by atoms with Gasteiger partial charge < -0.3 is 19.5 Å². The first-order valence-electron chi connectivity index (χ1n) is 12.2. The summed E-state index contributed by atoms with van der Waals surface area (Å²) < 4.78 is 10.3. The van der Waals surface area contributed by atoms with Crippen molar-refractivity contribution in [1.82, 2.24) is 9.97 Å². The van der Waals surface area contributed by atoms with E-state index in [1.165, 1.54) is 35.1 Å². The lowest BCUT2D eigenvalue weighted by molar-refractivity contribution is -0.138. The van der Waals surface area contributed by atoms with Crippen LogP contribution in [0.3, 0.4) is 0 Å². The van der Waals surface area contributed by atoms with Crippen LogP contribution in [0.4, 0.5) is 11.5 Å². The molecule has 4 rings (SSSR count). The summed E-state index contributed by atoms with van der Waals surface area (Å²) in [6, 6.07) is 16.6. The van der Waals surface area contributed by atoms with E-state index in [-0.39, 0.29) is 36.8 Å². The molecule has 0 aliphatic heterocycles. The predicted octanol–water partition coefficient (Wildman–Crippen LogP) is 6.22. The molecule has 0 aliphatic rings. The van der Waals surface area contributed by atoms with E-state index < -0.39 is 5.97 Å². The van der Waals surface area contributed by atoms with E-state index in [1.54, 1.807) is 31.3 Å². The zero-order valence-corrected chi connectivity index (χ0v) is 24.5. The molecule has 0 saturated carbocycles. The third-order valence-corrected chi connectivity index (χ3v) is 8.00. The maximum Gasteiger partial charge on any atom is 0.325 e. The molecule has 4 aromatic rings. The zero-order chi connectivity index (χ0) is 29.4. The Morgan fingerprint density at radius 3 is 2.54 bits per heavy atom. The highest BCUT2D eigenvalue weighted by Crippen LogP contribution is 2.44. The molecule has 208 valence electrons. The number of aliphatic hydroxyl groups excluding tert-OH is 1. The molecule has 0 unspecified atom stereocenters. The highest BCUT2D eigenvalue weighted by Gasteiger charge is 2.25. The minimum atomic E-state index is -0.493. The average molecular weight is 606 g/mol. The van der Waals surface area contributed by atoms with E-state index in [2.05, 4.69) is 15.9 Å². The molecule has 0 radical (unpaired) electrons. The zero-order valence-electron chi connectivity index (χ0n) is 22.1. The fourth-order valence-corrected chi connectivity index (χ4v) is 5.79. The monoisotopic (exact) mass is 605 g/mol. The number of pyridine rings is 1. The van der Waals surface area contributed by atoms with Crippen LogP contribution in [-0.4, -0.2) is 55.0 Å². The number of thiazole rings is 1. The van der Waals surface area contributed by atoms with Gasteiger partial charge in [-0.15, -0.1) is 11.3 Å². The SMILES string of the molecule is [C-]#[N+]c1c(N(C)CC(=O)OC)nc(SCc2csc(-c3ccc(Cl)cc3)n2)c(C#N)c1-c1ccc(OCCO)cc1. The van der Waals surface area contributed by atoms with Gasteiger partial charge in [-0.2, -0.15) is 5.26 Å². The number of ether oxygens (including phenoxy) is 2. The average Bonchev–Trinajstić information content (AvgIpc) is 3.47. The summed E-state index contributed by atoms with van der Waals surface area (Å²) in [7, 11) is 2.93.